The summed E-state index contributed by atoms with van der Waals surface area (Å²) >= 11 is 0. The number of fused-ring (bicyclic) bond motifs is 2. The molecule has 3 rings (SSSR count). The fourth-order valence-electron chi connectivity index (χ4n) is 3.65. The van der Waals surface area contributed by atoms with Crippen molar-refractivity contribution in [1.82, 2.24) is 4.90 Å². The van der Waals surface area contributed by atoms with Crippen LogP contribution in [0.1, 0.15) is 31.2 Å². The SMILES string of the molecule is c1ccc(CCN2CC3CCCC(C3)C2)cc1. The summed E-state index contributed by atoms with van der Waals surface area (Å²) < 4.78 is 0. The van der Waals surface area contributed by atoms with Crippen molar-refractivity contribution in [1.29, 1.82) is 0 Å². The Bertz CT molecular complexity index is 334. The molecular formula is C16H23N. The highest BCUT2D eigenvalue weighted by Gasteiger charge is 2.29. The maximum atomic E-state index is 2.71. The number of hydrogen-bond donors (Lipinski definition) is 0. The van der Waals surface area contributed by atoms with E-state index in [1.807, 2.05) is 0 Å². The van der Waals surface area contributed by atoms with Crippen molar-refractivity contribution in [2.24, 2.45) is 11.8 Å². The van der Waals surface area contributed by atoms with Gasteiger partial charge in [-0.2, -0.15) is 0 Å². The third kappa shape index (κ3) is 2.90. The summed E-state index contributed by atoms with van der Waals surface area (Å²) in [5.74, 6) is 2.02. The van der Waals surface area contributed by atoms with E-state index < -0.39 is 0 Å². The van der Waals surface area contributed by atoms with Gasteiger partial charge in [-0.15, -0.1) is 0 Å². The van der Waals surface area contributed by atoms with Gasteiger partial charge >= 0.3 is 0 Å². The zero-order chi connectivity index (χ0) is 11.5. The minimum Gasteiger partial charge on any atom is -0.302 e. The molecule has 1 aromatic rings. The Morgan fingerprint density at radius 2 is 1.71 bits per heavy atom. The van der Waals surface area contributed by atoms with Gasteiger partial charge in [0, 0.05) is 19.6 Å². The molecule has 1 aromatic carbocycles. The average molecular weight is 229 g/mol. The summed E-state index contributed by atoms with van der Waals surface area (Å²) in [6.07, 6.45) is 7.20. The van der Waals surface area contributed by atoms with Gasteiger partial charge in [0.15, 0.2) is 0 Å². The molecule has 0 aromatic heterocycles. The number of likely N-dealkylation sites (tertiary alicyclic amines) is 1. The van der Waals surface area contributed by atoms with Crippen LogP contribution in [0, 0.1) is 11.8 Å². The number of benzene rings is 1. The van der Waals surface area contributed by atoms with E-state index in [0.29, 0.717) is 0 Å². The van der Waals surface area contributed by atoms with E-state index in [0.717, 1.165) is 11.8 Å². The molecule has 0 spiro atoms. The first-order chi connectivity index (χ1) is 8.40. The van der Waals surface area contributed by atoms with Crippen molar-refractivity contribution in [3.05, 3.63) is 35.9 Å². The molecule has 2 fully saturated rings. The molecule has 2 bridgehead atoms. The normalized spacial score (nSPS) is 29.2. The lowest BCUT2D eigenvalue weighted by atomic mass is 9.78. The molecule has 2 unspecified atom stereocenters. The van der Waals surface area contributed by atoms with Gasteiger partial charge in [0.1, 0.15) is 0 Å². The van der Waals surface area contributed by atoms with Crippen LogP contribution < -0.4 is 0 Å². The molecule has 1 heterocycles. The van der Waals surface area contributed by atoms with Gasteiger partial charge in [0.05, 0.1) is 0 Å². The molecular weight excluding hydrogens is 206 g/mol. The first-order valence-electron chi connectivity index (χ1n) is 7.16. The summed E-state index contributed by atoms with van der Waals surface area (Å²) in [4.78, 5) is 2.71. The molecule has 1 heteroatoms. The average Bonchev–Trinajstić information content (AvgIpc) is 2.37. The maximum absolute atomic E-state index is 2.71. The van der Waals surface area contributed by atoms with E-state index in [1.54, 1.807) is 0 Å². The van der Waals surface area contributed by atoms with Crippen LogP contribution in [0.4, 0.5) is 0 Å². The van der Waals surface area contributed by atoms with Crippen LogP contribution in [-0.2, 0) is 6.42 Å². The van der Waals surface area contributed by atoms with Gasteiger partial charge < -0.3 is 4.90 Å². The third-order valence-corrected chi connectivity index (χ3v) is 4.48. The minimum absolute atomic E-state index is 1.01. The molecule has 2 aliphatic rings. The summed E-state index contributed by atoms with van der Waals surface area (Å²) in [7, 11) is 0. The quantitative estimate of drug-likeness (QED) is 0.768. The van der Waals surface area contributed by atoms with E-state index in [9.17, 15) is 0 Å². The second-order valence-electron chi connectivity index (χ2n) is 5.89. The Hall–Kier alpha value is -0.820. The van der Waals surface area contributed by atoms with Gasteiger partial charge in [-0.25, -0.2) is 0 Å². The van der Waals surface area contributed by atoms with Crippen LogP contribution in [0.25, 0.3) is 0 Å². The third-order valence-electron chi connectivity index (χ3n) is 4.48. The Morgan fingerprint density at radius 1 is 1.00 bits per heavy atom. The topological polar surface area (TPSA) is 3.24 Å². The molecule has 1 nitrogen and oxygen atoms in total. The van der Waals surface area contributed by atoms with Crippen molar-refractivity contribution in [3.63, 3.8) is 0 Å². The highest BCUT2D eigenvalue weighted by atomic mass is 15.1. The van der Waals surface area contributed by atoms with Gasteiger partial charge in [0.2, 0.25) is 0 Å². The smallest absolute Gasteiger partial charge is 0.00221 e. The molecule has 0 amide bonds. The molecule has 2 atom stereocenters. The van der Waals surface area contributed by atoms with Gasteiger partial charge in [-0.1, -0.05) is 36.8 Å². The standard InChI is InChI=1S/C16H23N/c1-2-5-14(6-3-1)9-10-17-12-15-7-4-8-16(11-15)13-17/h1-3,5-6,15-16H,4,7-13H2. The second-order valence-corrected chi connectivity index (χ2v) is 5.89. The van der Waals surface area contributed by atoms with Crippen LogP contribution in [0.5, 0.6) is 0 Å². The molecule has 17 heavy (non-hydrogen) atoms. The van der Waals surface area contributed by atoms with Crippen LogP contribution in [0.15, 0.2) is 30.3 Å². The first kappa shape index (κ1) is 11.3. The van der Waals surface area contributed by atoms with Crippen molar-refractivity contribution in [3.8, 4) is 0 Å². The zero-order valence-electron chi connectivity index (χ0n) is 10.6. The van der Waals surface area contributed by atoms with Crippen LogP contribution in [0.2, 0.25) is 0 Å². The van der Waals surface area contributed by atoms with E-state index in [4.69, 9.17) is 0 Å². The second kappa shape index (κ2) is 5.22. The minimum atomic E-state index is 1.01. The van der Waals surface area contributed by atoms with E-state index in [2.05, 4.69) is 35.2 Å². The fourth-order valence-corrected chi connectivity index (χ4v) is 3.65. The fraction of sp³-hybridized carbons (Fsp3) is 0.625. The Balaban J connectivity index is 1.52. The molecule has 1 saturated heterocycles. The van der Waals surface area contributed by atoms with Crippen LogP contribution in [0.3, 0.4) is 0 Å². The predicted molar refractivity (Wildman–Crippen MR) is 72.0 cm³/mol. The van der Waals surface area contributed by atoms with Crippen LogP contribution >= 0.6 is 0 Å². The summed E-state index contributed by atoms with van der Waals surface area (Å²) in [5, 5.41) is 0. The zero-order valence-corrected chi connectivity index (χ0v) is 10.6. The Labute approximate surface area is 105 Å². The molecule has 1 saturated carbocycles. The van der Waals surface area contributed by atoms with Crippen molar-refractivity contribution in [2.75, 3.05) is 19.6 Å². The number of hydrogen-bond acceptors (Lipinski definition) is 1. The van der Waals surface area contributed by atoms with E-state index >= 15 is 0 Å². The summed E-state index contributed by atoms with van der Waals surface area (Å²) in [5.41, 5.74) is 1.49. The van der Waals surface area contributed by atoms with Crippen molar-refractivity contribution < 1.29 is 0 Å². The van der Waals surface area contributed by atoms with Crippen molar-refractivity contribution >= 4 is 0 Å². The highest BCUT2D eigenvalue weighted by Crippen LogP contribution is 2.34. The van der Waals surface area contributed by atoms with Crippen LogP contribution in [-0.4, -0.2) is 24.5 Å². The van der Waals surface area contributed by atoms with Gasteiger partial charge in [0.25, 0.3) is 0 Å². The van der Waals surface area contributed by atoms with Gasteiger partial charge in [-0.05, 0) is 43.1 Å². The van der Waals surface area contributed by atoms with E-state index in [-0.39, 0.29) is 0 Å². The number of piperidine rings is 1. The number of rotatable bonds is 3. The van der Waals surface area contributed by atoms with Crippen molar-refractivity contribution in [2.45, 2.75) is 32.1 Å². The monoisotopic (exact) mass is 229 g/mol. The summed E-state index contributed by atoms with van der Waals surface area (Å²) in [6.45, 7) is 3.99. The number of nitrogens with zero attached hydrogens (tertiary/aromatic N) is 1. The molecule has 0 radical (unpaired) electrons. The first-order valence-corrected chi connectivity index (χ1v) is 7.16. The lowest BCUT2D eigenvalue weighted by Crippen LogP contribution is -2.43. The molecule has 0 N–H and O–H groups in total. The summed E-state index contributed by atoms with van der Waals surface area (Å²) in [6, 6.07) is 10.9. The Morgan fingerprint density at radius 3 is 2.41 bits per heavy atom. The highest BCUT2D eigenvalue weighted by molar-refractivity contribution is 5.14. The lowest BCUT2D eigenvalue weighted by Gasteiger charge is -2.41. The molecule has 1 aliphatic carbocycles. The maximum Gasteiger partial charge on any atom is 0.00221 e. The lowest BCUT2D eigenvalue weighted by molar-refractivity contribution is 0.0872. The molecule has 1 aliphatic heterocycles. The predicted octanol–water partition coefficient (Wildman–Crippen LogP) is 3.35. The Kier molecular flexibility index (Phi) is 3.46. The largest absolute Gasteiger partial charge is 0.302 e. The molecule has 92 valence electrons. The van der Waals surface area contributed by atoms with E-state index in [1.165, 1.54) is 57.3 Å². The van der Waals surface area contributed by atoms with Gasteiger partial charge in [-0.3, -0.25) is 0 Å².